The SMILES string of the molecule is C=CC=CC=CC(=C(C)C)c1ccccc1C. The largest absolute Gasteiger partial charge is 0.0991 e. The normalized spacial score (nSPS) is 11.0. The van der Waals surface area contributed by atoms with Crippen LogP contribution in [-0.2, 0) is 0 Å². The van der Waals surface area contributed by atoms with E-state index in [1.54, 1.807) is 6.08 Å². The molecule has 0 bridgehead atoms. The summed E-state index contributed by atoms with van der Waals surface area (Å²) in [6, 6.07) is 8.46. The lowest BCUT2D eigenvalue weighted by Crippen LogP contribution is -1.88. The third kappa shape index (κ3) is 3.92. The molecule has 0 heteroatoms. The fraction of sp³-hybridized carbons (Fsp3) is 0.176. The van der Waals surface area contributed by atoms with Crippen molar-refractivity contribution in [1.29, 1.82) is 0 Å². The molecule has 1 aromatic rings. The zero-order valence-electron chi connectivity index (χ0n) is 10.9. The van der Waals surface area contributed by atoms with Crippen molar-refractivity contribution in [3.63, 3.8) is 0 Å². The topological polar surface area (TPSA) is 0 Å². The van der Waals surface area contributed by atoms with E-state index in [2.05, 4.69) is 63.8 Å². The summed E-state index contributed by atoms with van der Waals surface area (Å²) in [6.45, 7) is 10.1. The number of allylic oxidation sites excluding steroid dienone is 7. The third-order valence-electron chi connectivity index (χ3n) is 2.60. The first-order chi connectivity index (χ1) is 8.16. The van der Waals surface area contributed by atoms with Gasteiger partial charge in [0, 0.05) is 0 Å². The minimum atomic E-state index is 1.29. The van der Waals surface area contributed by atoms with Gasteiger partial charge in [0.25, 0.3) is 0 Å². The molecule has 0 aromatic heterocycles. The first-order valence-corrected chi connectivity index (χ1v) is 5.86. The highest BCUT2D eigenvalue weighted by atomic mass is 14.1. The number of hydrogen-bond donors (Lipinski definition) is 0. The molecule has 0 unspecified atom stereocenters. The van der Waals surface area contributed by atoms with Gasteiger partial charge in [-0.25, -0.2) is 0 Å². The van der Waals surface area contributed by atoms with Gasteiger partial charge in [-0.3, -0.25) is 0 Å². The second kappa shape index (κ2) is 6.70. The summed E-state index contributed by atoms with van der Waals surface area (Å²) in [4.78, 5) is 0. The molecule has 0 saturated carbocycles. The number of benzene rings is 1. The highest BCUT2D eigenvalue weighted by Gasteiger charge is 2.02. The molecule has 0 atom stereocenters. The van der Waals surface area contributed by atoms with Crippen LogP contribution >= 0.6 is 0 Å². The van der Waals surface area contributed by atoms with Crippen LogP contribution in [0.25, 0.3) is 5.57 Å². The molecule has 0 aliphatic carbocycles. The van der Waals surface area contributed by atoms with Crippen LogP contribution in [0.15, 0.2) is 66.8 Å². The first-order valence-electron chi connectivity index (χ1n) is 5.86. The van der Waals surface area contributed by atoms with Crippen molar-refractivity contribution in [2.75, 3.05) is 0 Å². The second-order valence-corrected chi connectivity index (χ2v) is 4.21. The molecule has 17 heavy (non-hydrogen) atoms. The monoisotopic (exact) mass is 224 g/mol. The number of aryl methyl sites for hydroxylation is 1. The fourth-order valence-corrected chi connectivity index (χ4v) is 1.70. The Bertz CT molecular complexity index is 467. The van der Waals surface area contributed by atoms with E-state index in [0.717, 1.165) is 0 Å². The Morgan fingerprint density at radius 1 is 1.06 bits per heavy atom. The highest BCUT2D eigenvalue weighted by Crippen LogP contribution is 2.23. The predicted octanol–water partition coefficient (Wildman–Crippen LogP) is 5.09. The van der Waals surface area contributed by atoms with E-state index in [4.69, 9.17) is 0 Å². The molecule has 0 saturated heterocycles. The average molecular weight is 224 g/mol. The minimum absolute atomic E-state index is 1.29. The summed E-state index contributed by atoms with van der Waals surface area (Å²) in [6.07, 6.45) is 9.90. The smallest absolute Gasteiger partial charge is 0.0155 e. The van der Waals surface area contributed by atoms with Gasteiger partial charge in [0.05, 0.1) is 0 Å². The van der Waals surface area contributed by atoms with Crippen molar-refractivity contribution in [2.45, 2.75) is 20.8 Å². The van der Waals surface area contributed by atoms with Crippen molar-refractivity contribution < 1.29 is 0 Å². The van der Waals surface area contributed by atoms with Crippen LogP contribution in [0.3, 0.4) is 0 Å². The van der Waals surface area contributed by atoms with Gasteiger partial charge in [0.15, 0.2) is 0 Å². The maximum absolute atomic E-state index is 3.65. The van der Waals surface area contributed by atoms with Gasteiger partial charge in [0.1, 0.15) is 0 Å². The third-order valence-corrected chi connectivity index (χ3v) is 2.60. The van der Waals surface area contributed by atoms with Crippen LogP contribution < -0.4 is 0 Å². The van der Waals surface area contributed by atoms with Gasteiger partial charge in [-0.1, -0.05) is 66.8 Å². The van der Waals surface area contributed by atoms with E-state index in [-0.39, 0.29) is 0 Å². The van der Waals surface area contributed by atoms with Gasteiger partial charge in [-0.05, 0) is 37.5 Å². The molecule has 0 aliphatic heterocycles. The zero-order valence-corrected chi connectivity index (χ0v) is 10.9. The molecule has 88 valence electrons. The van der Waals surface area contributed by atoms with Crippen LogP contribution in [0.4, 0.5) is 0 Å². The molecule has 1 aromatic carbocycles. The summed E-state index contributed by atoms with van der Waals surface area (Å²) < 4.78 is 0. The zero-order chi connectivity index (χ0) is 12.7. The Morgan fingerprint density at radius 3 is 2.35 bits per heavy atom. The summed E-state index contributed by atoms with van der Waals surface area (Å²) in [5, 5.41) is 0. The second-order valence-electron chi connectivity index (χ2n) is 4.21. The molecular formula is C17H20. The Hall–Kier alpha value is -1.82. The van der Waals surface area contributed by atoms with Gasteiger partial charge >= 0.3 is 0 Å². The standard InChI is InChI=1S/C17H20/c1-5-6-7-8-12-16(14(2)3)17-13-10-9-11-15(17)4/h5-13H,1H2,2-4H3. The van der Waals surface area contributed by atoms with E-state index in [1.807, 2.05) is 12.2 Å². The lowest BCUT2D eigenvalue weighted by Gasteiger charge is -2.08. The van der Waals surface area contributed by atoms with Crippen molar-refractivity contribution >= 4 is 5.57 Å². The molecule has 0 nitrogen and oxygen atoms in total. The van der Waals surface area contributed by atoms with Gasteiger partial charge < -0.3 is 0 Å². The van der Waals surface area contributed by atoms with Crippen molar-refractivity contribution in [1.82, 2.24) is 0 Å². The molecule has 0 radical (unpaired) electrons. The molecule has 1 rings (SSSR count). The maximum atomic E-state index is 3.65. The lowest BCUT2D eigenvalue weighted by atomic mass is 9.97. The van der Waals surface area contributed by atoms with Crippen molar-refractivity contribution in [3.05, 3.63) is 77.9 Å². The maximum Gasteiger partial charge on any atom is -0.0155 e. The fourth-order valence-electron chi connectivity index (χ4n) is 1.70. The Kier molecular flexibility index (Phi) is 5.22. The van der Waals surface area contributed by atoms with Crippen LogP contribution in [-0.4, -0.2) is 0 Å². The van der Waals surface area contributed by atoms with Gasteiger partial charge in [-0.15, -0.1) is 0 Å². The number of hydrogen-bond acceptors (Lipinski definition) is 0. The van der Waals surface area contributed by atoms with E-state index in [1.165, 1.54) is 22.3 Å². The molecule has 0 fully saturated rings. The predicted molar refractivity (Wildman–Crippen MR) is 77.9 cm³/mol. The minimum Gasteiger partial charge on any atom is -0.0991 e. The highest BCUT2D eigenvalue weighted by molar-refractivity contribution is 5.78. The van der Waals surface area contributed by atoms with Gasteiger partial charge in [-0.2, -0.15) is 0 Å². The van der Waals surface area contributed by atoms with E-state index in [0.29, 0.717) is 0 Å². The van der Waals surface area contributed by atoms with Crippen LogP contribution in [0.1, 0.15) is 25.0 Å². The van der Waals surface area contributed by atoms with E-state index < -0.39 is 0 Å². The van der Waals surface area contributed by atoms with E-state index in [9.17, 15) is 0 Å². The molecule has 0 spiro atoms. The molecule has 0 N–H and O–H groups in total. The summed E-state index contributed by atoms with van der Waals surface area (Å²) in [5.41, 5.74) is 5.22. The number of rotatable bonds is 4. The van der Waals surface area contributed by atoms with Crippen molar-refractivity contribution in [3.8, 4) is 0 Å². The molecule has 0 amide bonds. The molecule has 0 aliphatic rings. The van der Waals surface area contributed by atoms with Crippen molar-refractivity contribution in [2.24, 2.45) is 0 Å². The van der Waals surface area contributed by atoms with Crippen LogP contribution in [0, 0.1) is 6.92 Å². The Balaban J connectivity index is 3.09. The summed E-state index contributed by atoms with van der Waals surface area (Å²) >= 11 is 0. The summed E-state index contributed by atoms with van der Waals surface area (Å²) in [7, 11) is 0. The first kappa shape index (κ1) is 13.2. The lowest BCUT2D eigenvalue weighted by molar-refractivity contribution is 1.36. The quantitative estimate of drug-likeness (QED) is 0.625. The Labute approximate surface area is 105 Å². The van der Waals surface area contributed by atoms with Crippen LogP contribution in [0.2, 0.25) is 0 Å². The molecular weight excluding hydrogens is 204 g/mol. The summed E-state index contributed by atoms with van der Waals surface area (Å²) in [5.74, 6) is 0. The van der Waals surface area contributed by atoms with Gasteiger partial charge in [0.2, 0.25) is 0 Å². The average Bonchev–Trinajstić information content (AvgIpc) is 2.30. The molecule has 0 heterocycles. The Morgan fingerprint density at radius 2 is 1.76 bits per heavy atom. The van der Waals surface area contributed by atoms with Crippen LogP contribution in [0.5, 0.6) is 0 Å². The van der Waals surface area contributed by atoms with E-state index >= 15 is 0 Å².